The minimum atomic E-state index is -3.69. The van der Waals surface area contributed by atoms with Crippen LogP contribution < -0.4 is 9.62 Å². The normalized spacial score (nSPS) is 20.0. The first kappa shape index (κ1) is 26.4. The number of aryl methyl sites for hydroxylation is 2. The first-order chi connectivity index (χ1) is 19.4. The third-order valence-corrected chi connectivity index (χ3v) is 9.46. The fourth-order valence-corrected chi connectivity index (χ4v) is 7.09. The fourth-order valence-electron chi connectivity index (χ4n) is 5.81. The number of pyridine rings is 1. The van der Waals surface area contributed by atoms with Crippen LogP contribution in [0.4, 0.5) is 5.69 Å². The van der Waals surface area contributed by atoms with Crippen molar-refractivity contribution in [3.63, 3.8) is 0 Å². The highest BCUT2D eigenvalue weighted by molar-refractivity contribution is 7.89. The van der Waals surface area contributed by atoms with Crippen LogP contribution in [0.3, 0.4) is 0 Å². The molecule has 3 aromatic carbocycles. The monoisotopic (exact) mass is 551 g/mol. The molecular weight excluding hydrogens is 518 g/mol. The molecule has 0 spiro atoms. The third-order valence-electron chi connectivity index (χ3n) is 7.97. The number of carbonyl (C=O) groups excluding carboxylic acids is 1. The van der Waals surface area contributed by atoms with E-state index in [-0.39, 0.29) is 28.7 Å². The molecule has 1 N–H and O–H groups in total. The molecule has 6 rings (SSSR count). The second-order valence-corrected chi connectivity index (χ2v) is 12.5. The number of anilines is 1. The number of aromatic nitrogens is 1. The summed E-state index contributed by atoms with van der Waals surface area (Å²) in [5.74, 6) is 0.203. The SMILES string of the molecule is Cc1cccc(CN(C(=O)[C@H]2C[C@H]2c2ccccc2)c2ccc3c(c2)[C@H](NS(=O)(=O)c2ccccc2)CCC3)n1. The third kappa shape index (κ3) is 5.58. The van der Waals surface area contributed by atoms with Gasteiger partial charge in [-0.2, -0.15) is 0 Å². The number of amides is 1. The molecule has 4 aromatic rings. The van der Waals surface area contributed by atoms with Gasteiger partial charge < -0.3 is 4.90 Å². The van der Waals surface area contributed by atoms with Crippen molar-refractivity contribution < 1.29 is 13.2 Å². The molecule has 7 heteroatoms. The van der Waals surface area contributed by atoms with Crippen LogP contribution in [-0.2, 0) is 27.8 Å². The summed E-state index contributed by atoms with van der Waals surface area (Å²) in [6.07, 6.45) is 3.30. The van der Waals surface area contributed by atoms with E-state index >= 15 is 0 Å². The lowest BCUT2D eigenvalue weighted by Gasteiger charge is -2.29. The van der Waals surface area contributed by atoms with Crippen molar-refractivity contribution in [1.29, 1.82) is 0 Å². The van der Waals surface area contributed by atoms with E-state index in [1.54, 1.807) is 30.3 Å². The maximum Gasteiger partial charge on any atom is 0.241 e. The smallest absolute Gasteiger partial charge is 0.241 e. The van der Waals surface area contributed by atoms with Gasteiger partial charge in [0.2, 0.25) is 15.9 Å². The Morgan fingerprint density at radius 3 is 2.45 bits per heavy atom. The molecule has 1 amide bonds. The van der Waals surface area contributed by atoms with Gasteiger partial charge in [0.25, 0.3) is 0 Å². The summed E-state index contributed by atoms with van der Waals surface area (Å²) in [6.45, 7) is 2.31. The zero-order chi connectivity index (χ0) is 27.7. The molecule has 1 saturated carbocycles. The van der Waals surface area contributed by atoms with Crippen LogP contribution in [0.1, 0.15) is 59.3 Å². The van der Waals surface area contributed by atoms with Crippen molar-refractivity contribution in [3.8, 4) is 0 Å². The van der Waals surface area contributed by atoms with Crippen molar-refractivity contribution >= 4 is 21.6 Å². The molecule has 0 saturated heterocycles. The molecule has 1 aromatic heterocycles. The number of benzene rings is 3. The molecule has 0 radical (unpaired) electrons. The van der Waals surface area contributed by atoms with Gasteiger partial charge >= 0.3 is 0 Å². The second-order valence-electron chi connectivity index (χ2n) is 10.8. The highest BCUT2D eigenvalue weighted by Gasteiger charge is 2.46. The van der Waals surface area contributed by atoms with Gasteiger partial charge in [0.1, 0.15) is 0 Å². The zero-order valence-electron chi connectivity index (χ0n) is 22.5. The summed E-state index contributed by atoms with van der Waals surface area (Å²) in [7, 11) is -3.69. The Balaban J connectivity index is 1.32. The standard InChI is InChI=1S/C33H33N3O3S/c1-23-10-8-14-26(34-23)22-36(33(37)31-21-29(31)24-11-4-2-5-12-24)27-19-18-25-13-9-17-32(30(25)20-27)35-40(38,39)28-15-6-3-7-16-28/h2-8,10-12,14-16,18-20,29,31-32,35H,9,13,17,21-22H2,1H3/t29-,31-,32+/m0/s1. The molecule has 204 valence electrons. The molecule has 0 bridgehead atoms. The van der Waals surface area contributed by atoms with E-state index in [1.807, 2.05) is 60.4 Å². The minimum Gasteiger partial charge on any atom is -0.306 e. The maximum atomic E-state index is 14.0. The Bertz CT molecular complexity index is 1620. The summed E-state index contributed by atoms with van der Waals surface area (Å²) < 4.78 is 29.3. The topological polar surface area (TPSA) is 79.4 Å². The Kier molecular flexibility index (Phi) is 7.26. The fraction of sp³-hybridized carbons (Fsp3) is 0.273. The van der Waals surface area contributed by atoms with Crippen molar-refractivity contribution in [2.45, 2.75) is 56.0 Å². The summed E-state index contributed by atoms with van der Waals surface area (Å²) in [5.41, 5.74) is 5.74. The average Bonchev–Trinajstić information content (AvgIpc) is 3.78. The zero-order valence-corrected chi connectivity index (χ0v) is 23.3. The number of sulfonamides is 1. The number of fused-ring (bicyclic) bond motifs is 1. The van der Waals surface area contributed by atoms with Gasteiger partial charge in [0.05, 0.1) is 17.1 Å². The van der Waals surface area contributed by atoms with Gasteiger partial charge in [-0.05, 0) is 91.6 Å². The van der Waals surface area contributed by atoms with E-state index in [9.17, 15) is 13.2 Å². The van der Waals surface area contributed by atoms with Crippen LogP contribution in [0.25, 0.3) is 0 Å². The molecule has 0 unspecified atom stereocenters. The highest BCUT2D eigenvalue weighted by Crippen LogP contribution is 2.49. The Morgan fingerprint density at radius 1 is 0.950 bits per heavy atom. The average molecular weight is 552 g/mol. The molecular formula is C33H33N3O3S. The van der Waals surface area contributed by atoms with Crippen LogP contribution in [0, 0.1) is 12.8 Å². The summed E-state index contributed by atoms with van der Waals surface area (Å²) in [6, 6.07) is 30.3. The van der Waals surface area contributed by atoms with Crippen molar-refractivity contribution in [3.05, 3.63) is 125 Å². The van der Waals surface area contributed by atoms with E-state index in [0.29, 0.717) is 13.0 Å². The Hall–Kier alpha value is -3.81. The number of nitrogens with zero attached hydrogens (tertiary/aromatic N) is 2. The van der Waals surface area contributed by atoms with Crippen molar-refractivity contribution in [1.82, 2.24) is 9.71 Å². The largest absolute Gasteiger partial charge is 0.306 e. The molecule has 1 fully saturated rings. The van der Waals surface area contributed by atoms with Crippen LogP contribution in [0.2, 0.25) is 0 Å². The molecule has 40 heavy (non-hydrogen) atoms. The van der Waals surface area contributed by atoms with Gasteiger partial charge in [-0.15, -0.1) is 0 Å². The Morgan fingerprint density at radius 2 is 1.70 bits per heavy atom. The number of carbonyl (C=O) groups is 1. The minimum absolute atomic E-state index is 0.0781. The van der Waals surface area contributed by atoms with Crippen molar-refractivity contribution in [2.75, 3.05) is 4.90 Å². The number of rotatable bonds is 8. The van der Waals surface area contributed by atoms with Crippen LogP contribution >= 0.6 is 0 Å². The lowest BCUT2D eigenvalue weighted by Crippen LogP contribution is -2.34. The number of hydrogen-bond donors (Lipinski definition) is 1. The molecule has 1 heterocycles. The number of nitrogens with one attached hydrogen (secondary N) is 1. The van der Waals surface area contributed by atoms with Gasteiger partial charge in [-0.3, -0.25) is 9.78 Å². The van der Waals surface area contributed by atoms with Gasteiger partial charge in [-0.25, -0.2) is 13.1 Å². The van der Waals surface area contributed by atoms with E-state index in [4.69, 9.17) is 0 Å². The second kappa shape index (κ2) is 11.0. The molecule has 3 atom stereocenters. The van der Waals surface area contributed by atoms with Gasteiger partial charge in [-0.1, -0.05) is 60.7 Å². The maximum absolute atomic E-state index is 14.0. The quantitative estimate of drug-likeness (QED) is 0.288. The van der Waals surface area contributed by atoms with Gasteiger partial charge in [0, 0.05) is 23.3 Å². The lowest BCUT2D eigenvalue weighted by atomic mass is 9.87. The van der Waals surface area contributed by atoms with E-state index < -0.39 is 10.0 Å². The van der Waals surface area contributed by atoms with Crippen molar-refractivity contribution in [2.24, 2.45) is 5.92 Å². The molecule has 6 nitrogen and oxygen atoms in total. The predicted octanol–water partition coefficient (Wildman–Crippen LogP) is 6.08. The van der Waals surface area contributed by atoms with Crippen LogP contribution in [-0.4, -0.2) is 19.3 Å². The Labute approximate surface area is 236 Å². The van der Waals surface area contributed by atoms with E-state index in [2.05, 4.69) is 27.9 Å². The lowest BCUT2D eigenvalue weighted by molar-refractivity contribution is -0.120. The molecule has 2 aliphatic rings. The number of hydrogen-bond acceptors (Lipinski definition) is 4. The van der Waals surface area contributed by atoms with Crippen LogP contribution in [0.5, 0.6) is 0 Å². The summed E-state index contributed by atoms with van der Waals surface area (Å²) in [4.78, 5) is 20.8. The summed E-state index contributed by atoms with van der Waals surface area (Å²) >= 11 is 0. The highest BCUT2D eigenvalue weighted by atomic mass is 32.2. The molecule has 0 aliphatic heterocycles. The van der Waals surface area contributed by atoms with Gasteiger partial charge in [0.15, 0.2) is 0 Å². The van der Waals surface area contributed by atoms with E-state index in [0.717, 1.165) is 47.5 Å². The summed E-state index contributed by atoms with van der Waals surface area (Å²) in [5, 5.41) is 0. The van der Waals surface area contributed by atoms with Crippen LogP contribution in [0.15, 0.2) is 102 Å². The predicted molar refractivity (Wildman–Crippen MR) is 156 cm³/mol. The van der Waals surface area contributed by atoms with E-state index in [1.165, 1.54) is 5.56 Å². The molecule has 2 aliphatic carbocycles. The first-order valence-electron chi connectivity index (χ1n) is 13.9. The first-order valence-corrected chi connectivity index (χ1v) is 15.4.